The Morgan fingerprint density at radius 3 is 2.60 bits per heavy atom. The Balaban J connectivity index is 1.52. The monoisotopic (exact) mass is 351 g/mol. The first-order chi connectivity index (χ1) is 9.79. The Morgan fingerprint density at radius 2 is 1.95 bits per heavy atom. The fraction of sp³-hybridized carbons (Fsp3) is 0.375. The number of halogens is 1. The molecule has 1 aromatic carbocycles. The molecule has 0 radical (unpaired) electrons. The minimum Gasteiger partial charge on any atom is -0.490 e. The summed E-state index contributed by atoms with van der Waals surface area (Å²) in [5, 5.41) is 5.54. The van der Waals surface area contributed by atoms with Gasteiger partial charge in [-0.15, -0.1) is 11.3 Å². The maximum atomic E-state index is 5.96. The van der Waals surface area contributed by atoms with Crippen molar-refractivity contribution in [3.8, 4) is 5.75 Å². The second-order valence-electron chi connectivity index (χ2n) is 5.13. The van der Waals surface area contributed by atoms with Crippen LogP contribution in [0.2, 0.25) is 0 Å². The van der Waals surface area contributed by atoms with E-state index in [2.05, 4.69) is 57.0 Å². The van der Waals surface area contributed by atoms with E-state index < -0.39 is 0 Å². The van der Waals surface area contributed by atoms with E-state index >= 15 is 0 Å². The van der Waals surface area contributed by atoms with Crippen molar-refractivity contribution >= 4 is 33.0 Å². The molecule has 1 saturated carbocycles. The van der Waals surface area contributed by atoms with Gasteiger partial charge in [0.25, 0.3) is 0 Å². The Morgan fingerprint density at radius 1 is 1.20 bits per heavy atom. The summed E-state index contributed by atoms with van der Waals surface area (Å²) in [7, 11) is 0. The average Bonchev–Trinajstić information content (AvgIpc) is 3.10. The number of benzene rings is 1. The Bertz CT molecular complexity index is 546. The first-order valence-electron chi connectivity index (χ1n) is 7.03. The molecule has 2 nitrogen and oxygen atoms in total. The topological polar surface area (TPSA) is 21.3 Å². The van der Waals surface area contributed by atoms with Crippen molar-refractivity contribution in [1.29, 1.82) is 0 Å². The number of hydrogen-bond acceptors (Lipinski definition) is 3. The van der Waals surface area contributed by atoms with Gasteiger partial charge in [0, 0.05) is 27.0 Å². The van der Waals surface area contributed by atoms with Gasteiger partial charge in [0.2, 0.25) is 0 Å². The highest BCUT2D eigenvalue weighted by atomic mass is 79.9. The van der Waals surface area contributed by atoms with E-state index in [1.807, 2.05) is 0 Å². The van der Waals surface area contributed by atoms with Crippen molar-refractivity contribution in [2.24, 2.45) is 0 Å². The molecule has 0 amide bonds. The van der Waals surface area contributed by atoms with Crippen LogP contribution >= 0.6 is 27.3 Å². The van der Waals surface area contributed by atoms with E-state index in [1.165, 1.54) is 30.6 Å². The lowest BCUT2D eigenvalue weighted by atomic mass is 10.2. The van der Waals surface area contributed by atoms with Crippen LogP contribution in [0, 0.1) is 0 Å². The lowest BCUT2D eigenvalue weighted by Crippen LogP contribution is -2.10. The van der Waals surface area contributed by atoms with Gasteiger partial charge in [0.15, 0.2) is 0 Å². The van der Waals surface area contributed by atoms with Gasteiger partial charge in [-0.05, 0) is 71.9 Å². The summed E-state index contributed by atoms with van der Waals surface area (Å²) in [5.74, 6) is 0.987. The minimum atomic E-state index is 0.428. The van der Waals surface area contributed by atoms with E-state index in [-0.39, 0.29) is 0 Å². The molecule has 0 spiro atoms. The molecule has 20 heavy (non-hydrogen) atoms. The standard InChI is InChI=1S/C16H18BrNOS/c17-12-9-16(20-11-12)10-18-13-5-7-15(8-6-13)19-14-3-1-2-4-14/h5-9,11,14,18H,1-4,10H2. The van der Waals surface area contributed by atoms with Gasteiger partial charge in [-0.1, -0.05) is 0 Å². The summed E-state index contributed by atoms with van der Waals surface area (Å²) in [6, 6.07) is 10.4. The van der Waals surface area contributed by atoms with E-state index in [1.54, 1.807) is 11.3 Å². The first-order valence-corrected chi connectivity index (χ1v) is 8.70. The molecule has 1 aliphatic rings. The van der Waals surface area contributed by atoms with Crippen LogP contribution in [-0.2, 0) is 6.54 Å². The molecule has 1 fully saturated rings. The third-order valence-electron chi connectivity index (χ3n) is 3.55. The molecule has 4 heteroatoms. The average molecular weight is 352 g/mol. The Hall–Kier alpha value is -1.00. The van der Waals surface area contributed by atoms with Crippen LogP contribution in [0.15, 0.2) is 40.2 Å². The van der Waals surface area contributed by atoms with Crippen LogP contribution in [0.4, 0.5) is 5.69 Å². The molecule has 0 saturated heterocycles. The molecule has 2 aromatic rings. The van der Waals surface area contributed by atoms with Crippen molar-refractivity contribution in [1.82, 2.24) is 0 Å². The van der Waals surface area contributed by atoms with Gasteiger partial charge in [-0.2, -0.15) is 0 Å². The van der Waals surface area contributed by atoms with E-state index in [0.717, 1.165) is 22.5 Å². The molecule has 3 rings (SSSR count). The maximum Gasteiger partial charge on any atom is 0.119 e. The third-order valence-corrected chi connectivity index (χ3v) is 5.25. The van der Waals surface area contributed by atoms with Gasteiger partial charge in [0.05, 0.1) is 6.10 Å². The first kappa shape index (κ1) is 14.0. The van der Waals surface area contributed by atoms with E-state index in [9.17, 15) is 0 Å². The maximum absolute atomic E-state index is 5.96. The summed E-state index contributed by atoms with van der Waals surface area (Å²) >= 11 is 5.23. The highest BCUT2D eigenvalue weighted by Gasteiger charge is 2.16. The van der Waals surface area contributed by atoms with Crippen LogP contribution < -0.4 is 10.1 Å². The van der Waals surface area contributed by atoms with Crippen molar-refractivity contribution < 1.29 is 4.74 Å². The summed E-state index contributed by atoms with van der Waals surface area (Å²) in [4.78, 5) is 1.32. The molecule has 0 bridgehead atoms. The van der Waals surface area contributed by atoms with Crippen LogP contribution in [0.5, 0.6) is 5.75 Å². The molecular weight excluding hydrogens is 334 g/mol. The second kappa shape index (κ2) is 6.64. The molecule has 1 aliphatic carbocycles. The van der Waals surface area contributed by atoms with Gasteiger partial charge in [-0.3, -0.25) is 0 Å². The Kier molecular flexibility index (Phi) is 4.63. The summed E-state index contributed by atoms with van der Waals surface area (Å²) in [6.45, 7) is 0.860. The molecule has 1 N–H and O–H groups in total. The molecule has 106 valence electrons. The molecule has 1 heterocycles. The summed E-state index contributed by atoms with van der Waals surface area (Å²) in [6.07, 6.45) is 5.44. The van der Waals surface area contributed by atoms with Crippen LogP contribution in [0.25, 0.3) is 0 Å². The van der Waals surface area contributed by atoms with Gasteiger partial charge in [-0.25, -0.2) is 0 Å². The molecule has 0 unspecified atom stereocenters. The van der Waals surface area contributed by atoms with Crippen molar-refractivity contribution in [3.63, 3.8) is 0 Å². The van der Waals surface area contributed by atoms with E-state index in [0.29, 0.717) is 6.10 Å². The number of hydrogen-bond donors (Lipinski definition) is 1. The second-order valence-corrected chi connectivity index (χ2v) is 7.04. The van der Waals surface area contributed by atoms with Gasteiger partial charge < -0.3 is 10.1 Å². The zero-order valence-corrected chi connectivity index (χ0v) is 13.7. The molecule has 1 aromatic heterocycles. The van der Waals surface area contributed by atoms with Crippen molar-refractivity contribution in [2.75, 3.05) is 5.32 Å². The normalized spacial score (nSPS) is 15.4. The van der Waals surface area contributed by atoms with Gasteiger partial charge in [0.1, 0.15) is 5.75 Å². The number of thiophene rings is 1. The fourth-order valence-electron chi connectivity index (χ4n) is 2.49. The molecule has 0 aliphatic heterocycles. The number of rotatable bonds is 5. The van der Waals surface area contributed by atoms with Crippen molar-refractivity contribution in [3.05, 3.63) is 45.1 Å². The smallest absolute Gasteiger partial charge is 0.119 e. The molecule has 0 atom stereocenters. The molecular formula is C16H18BrNOS. The number of ether oxygens (including phenoxy) is 1. The van der Waals surface area contributed by atoms with Crippen molar-refractivity contribution in [2.45, 2.75) is 38.3 Å². The Labute approximate surface area is 132 Å². The van der Waals surface area contributed by atoms with Crippen LogP contribution in [-0.4, -0.2) is 6.10 Å². The number of nitrogens with one attached hydrogen (secondary N) is 1. The van der Waals surface area contributed by atoms with Gasteiger partial charge >= 0.3 is 0 Å². The quantitative estimate of drug-likeness (QED) is 0.773. The minimum absolute atomic E-state index is 0.428. The lowest BCUT2D eigenvalue weighted by Gasteiger charge is -2.13. The highest BCUT2D eigenvalue weighted by molar-refractivity contribution is 9.10. The zero-order chi connectivity index (χ0) is 13.8. The number of anilines is 1. The predicted octanol–water partition coefficient (Wildman–Crippen LogP) is 5.44. The predicted molar refractivity (Wildman–Crippen MR) is 88.7 cm³/mol. The largest absolute Gasteiger partial charge is 0.490 e. The van der Waals surface area contributed by atoms with E-state index in [4.69, 9.17) is 4.74 Å². The SMILES string of the molecule is Brc1csc(CNc2ccc(OC3CCCC3)cc2)c1. The lowest BCUT2D eigenvalue weighted by molar-refractivity contribution is 0.210. The third kappa shape index (κ3) is 3.76. The zero-order valence-electron chi connectivity index (χ0n) is 11.3. The van der Waals surface area contributed by atoms with Crippen LogP contribution in [0.1, 0.15) is 30.6 Å². The fourth-order valence-corrected chi connectivity index (χ4v) is 3.88. The van der Waals surface area contributed by atoms with Crippen LogP contribution in [0.3, 0.4) is 0 Å². The highest BCUT2D eigenvalue weighted by Crippen LogP contribution is 2.25. The summed E-state index contributed by atoms with van der Waals surface area (Å²) in [5.41, 5.74) is 1.13. The summed E-state index contributed by atoms with van der Waals surface area (Å²) < 4.78 is 7.12.